The highest BCUT2D eigenvalue weighted by Gasteiger charge is 2.22. The molecule has 1 fully saturated rings. The first-order chi connectivity index (χ1) is 15.6. The quantitative estimate of drug-likeness (QED) is 0.538. The van der Waals surface area contributed by atoms with E-state index in [4.69, 9.17) is 0 Å². The molecule has 0 aliphatic carbocycles. The molecule has 1 atom stereocenters. The fourth-order valence-corrected chi connectivity index (χ4v) is 4.51. The topological polar surface area (TPSA) is 72.9 Å². The number of anilines is 1. The number of carbonyl (C=O) groups is 2. The van der Waals surface area contributed by atoms with Gasteiger partial charge in [-0.3, -0.25) is 4.79 Å². The second-order valence-electron chi connectivity index (χ2n) is 7.87. The van der Waals surface area contributed by atoms with E-state index in [2.05, 4.69) is 5.32 Å². The fourth-order valence-electron chi connectivity index (χ4n) is 3.81. The molecule has 4 rings (SSSR count). The minimum atomic E-state index is -0.734. The smallest absolute Gasteiger partial charge is 0.318 e. The highest BCUT2D eigenvalue weighted by molar-refractivity contribution is 7.10. The number of nitrogens with zero attached hydrogens (tertiary/aromatic N) is 2. The van der Waals surface area contributed by atoms with Crippen molar-refractivity contribution in [3.05, 3.63) is 88.1 Å². The highest BCUT2D eigenvalue weighted by Crippen LogP contribution is 2.22. The molecule has 2 N–H and O–H groups in total. The summed E-state index contributed by atoms with van der Waals surface area (Å²) < 4.78 is 0. The summed E-state index contributed by atoms with van der Waals surface area (Å²) in [6.45, 7) is 1.74. The number of aliphatic hydroxyl groups is 1. The van der Waals surface area contributed by atoms with E-state index in [9.17, 15) is 14.7 Å². The van der Waals surface area contributed by atoms with E-state index in [-0.39, 0.29) is 18.5 Å². The number of urea groups is 1. The maximum atomic E-state index is 13.0. The summed E-state index contributed by atoms with van der Waals surface area (Å²) in [4.78, 5) is 29.2. The Kier molecular flexibility index (Phi) is 7.19. The summed E-state index contributed by atoms with van der Waals surface area (Å²) >= 11 is 1.48. The van der Waals surface area contributed by atoms with E-state index in [0.717, 1.165) is 34.7 Å². The first-order valence-corrected chi connectivity index (χ1v) is 11.7. The SMILES string of the molecule is O=C(NCc1ccc(N2CCCC2=O)cc1)N(Cc1ccccc1)CC(O)c1cccs1. The predicted molar refractivity (Wildman–Crippen MR) is 126 cm³/mol. The van der Waals surface area contributed by atoms with Crippen LogP contribution in [-0.4, -0.2) is 35.0 Å². The van der Waals surface area contributed by atoms with Crippen molar-refractivity contribution >= 4 is 29.0 Å². The molecule has 1 saturated heterocycles. The minimum Gasteiger partial charge on any atom is -0.386 e. The Hall–Kier alpha value is -3.16. The number of hydrogen-bond donors (Lipinski definition) is 2. The average Bonchev–Trinajstić information content (AvgIpc) is 3.50. The number of aliphatic hydroxyl groups excluding tert-OH is 1. The molecule has 0 radical (unpaired) electrons. The van der Waals surface area contributed by atoms with Crippen molar-refractivity contribution < 1.29 is 14.7 Å². The van der Waals surface area contributed by atoms with E-state index < -0.39 is 6.10 Å². The summed E-state index contributed by atoms with van der Waals surface area (Å²) in [5.74, 6) is 0.159. The lowest BCUT2D eigenvalue weighted by Gasteiger charge is -2.25. The molecule has 6 nitrogen and oxygen atoms in total. The molecule has 0 spiro atoms. The minimum absolute atomic E-state index is 0.159. The molecule has 1 aliphatic heterocycles. The Balaban J connectivity index is 1.39. The van der Waals surface area contributed by atoms with Crippen LogP contribution < -0.4 is 10.2 Å². The number of benzene rings is 2. The van der Waals surface area contributed by atoms with E-state index >= 15 is 0 Å². The lowest BCUT2D eigenvalue weighted by atomic mass is 10.2. The van der Waals surface area contributed by atoms with Gasteiger partial charge >= 0.3 is 6.03 Å². The zero-order valence-corrected chi connectivity index (χ0v) is 18.6. The molecular weight excluding hydrogens is 422 g/mol. The van der Waals surface area contributed by atoms with Crippen LogP contribution in [-0.2, 0) is 17.9 Å². The van der Waals surface area contributed by atoms with Crippen LogP contribution in [0.25, 0.3) is 0 Å². The van der Waals surface area contributed by atoms with Crippen LogP contribution in [0.2, 0.25) is 0 Å². The zero-order valence-electron chi connectivity index (χ0n) is 17.8. The van der Waals surface area contributed by atoms with E-state index in [1.807, 2.05) is 72.1 Å². The fraction of sp³-hybridized carbons (Fsp3) is 0.280. The van der Waals surface area contributed by atoms with E-state index in [1.54, 1.807) is 9.80 Å². The molecule has 0 bridgehead atoms. The van der Waals surface area contributed by atoms with Gasteiger partial charge in [-0.05, 0) is 41.1 Å². The molecule has 166 valence electrons. The third-order valence-corrected chi connectivity index (χ3v) is 6.51. The first kappa shape index (κ1) is 22.0. The Morgan fingerprint density at radius 1 is 1.06 bits per heavy atom. The van der Waals surface area contributed by atoms with Crippen molar-refractivity contribution in [2.24, 2.45) is 0 Å². The van der Waals surface area contributed by atoms with Crippen molar-refractivity contribution in [3.63, 3.8) is 0 Å². The van der Waals surface area contributed by atoms with E-state index in [1.165, 1.54) is 11.3 Å². The molecule has 32 heavy (non-hydrogen) atoms. The Morgan fingerprint density at radius 2 is 1.84 bits per heavy atom. The number of hydrogen-bond acceptors (Lipinski definition) is 4. The summed E-state index contributed by atoms with van der Waals surface area (Å²) in [5.41, 5.74) is 2.85. The molecule has 3 amide bonds. The highest BCUT2D eigenvalue weighted by atomic mass is 32.1. The molecule has 1 aromatic heterocycles. The third kappa shape index (κ3) is 5.55. The van der Waals surface area contributed by atoms with Crippen molar-refractivity contribution in [3.8, 4) is 0 Å². The predicted octanol–water partition coefficient (Wildman–Crippen LogP) is 4.32. The number of rotatable bonds is 8. The van der Waals surface area contributed by atoms with Gasteiger partial charge in [0.15, 0.2) is 0 Å². The lowest BCUT2D eigenvalue weighted by molar-refractivity contribution is -0.117. The molecule has 1 aliphatic rings. The van der Waals surface area contributed by atoms with Gasteiger partial charge in [-0.1, -0.05) is 48.5 Å². The second kappa shape index (κ2) is 10.4. The number of thiophene rings is 1. The van der Waals surface area contributed by atoms with Crippen molar-refractivity contribution in [2.75, 3.05) is 18.0 Å². The largest absolute Gasteiger partial charge is 0.386 e. The van der Waals surface area contributed by atoms with Gasteiger partial charge < -0.3 is 20.2 Å². The van der Waals surface area contributed by atoms with Gasteiger partial charge in [-0.2, -0.15) is 0 Å². The molecule has 3 aromatic rings. The van der Waals surface area contributed by atoms with Gasteiger partial charge in [0.25, 0.3) is 0 Å². The van der Waals surface area contributed by atoms with Crippen molar-refractivity contribution in [1.29, 1.82) is 0 Å². The molecule has 2 aromatic carbocycles. The van der Waals surface area contributed by atoms with Gasteiger partial charge in [0, 0.05) is 36.6 Å². The second-order valence-corrected chi connectivity index (χ2v) is 8.85. The average molecular weight is 450 g/mol. The van der Waals surface area contributed by atoms with Gasteiger partial charge in [0.2, 0.25) is 5.91 Å². The molecular formula is C25H27N3O3S. The Morgan fingerprint density at radius 3 is 2.50 bits per heavy atom. The Labute approximate surface area is 192 Å². The van der Waals surface area contributed by atoms with Crippen LogP contribution in [0.15, 0.2) is 72.1 Å². The zero-order chi connectivity index (χ0) is 22.3. The normalized spacial score (nSPS) is 14.4. The van der Waals surface area contributed by atoms with Gasteiger partial charge in [-0.15, -0.1) is 11.3 Å². The maximum Gasteiger partial charge on any atom is 0.318 e. The summed E-state index contributed by atoms with van der Waals surface area (Å²) in [5, 5.41) is 15.5. The maximum absolute atomic E-state index is 13.0. The number of amides is 3. The number of carbonyl (C=O) groups excluding carboxylic acids is 2. The van der Waals surface area contributed by atoms with Crippen LogP contribution in [0, 0.1) is 0 Å². The lowest BCUT2D eigenvalue weighted by Crippen LogP contribution is -2.41. The van der Waals surface area contributed by atoms with Crippen LogP contribution in [0.1, 0.15) is 34.9 Å². The summed E-state index contributed by atoms with van der Waals surface area (Å²) in [6, 6.07) is 21.0. The third-order valence-electron chi connectivity index (χ3n) is 5.53. The van der Waals surface area contributed by atoms with Crippen LogP contribution >= 0.6 is 11.3 Å². The molecule has 0 saturated carbocycles. The van der Waals surface area contributed by atoms with Gasteiger partial charge in [-0.25, -0.2) is 4.79 Å². The molecule has 7 heteroatoms. The Bertz CT molecular complexity index is 1020. The van der Waals surface area contributed by atoms with Crippen LogP contribution in [0.4, 0.5) is 10.5 Å². The first-order valence-electron chi connectivity index (χ1n) is 10.8. The van der Waals surface area contributed by atoms with Crippen LogP contribution in [0.3, 0.4) is 0 Å². The van der Waals surface area contributed by atoms with Gasteiger partial charge in [0.1, 0.15) is 6.10 Å². The van der Waals surface area contributed by atoms with Gasteiger partial charge in [0.05, 0.1) is 6.54 Å². The van der Waals surface area contributed by atoms with Crippen LogP contribution in [0.5, 0.6) is 0 Å². The standard InChI is InChI=1S/C25H27N3O3S/c29-22(23-8-5-15-32-23)18-27(17-20-6-2-1-3-7-20)25(31)26-16-19-10-12-21(13-11-19)28-14-4-9-24(28)30/h1-3,5-8,10-13,15,22,29H,4,9,14,16-18H2,(H,26,31). The van der Waals surface area contributed by atoms with Crippen molar-refractivity contribution in [2.45, 2.75) is 32.0 Å². The summed E-state index contributed by atoms with van der Waals surface area (Å²) in [6.07, 6.45) is 0.763. The molecule has 2 heterocycles. The number of nitrogens with one attached hydrogen (secondary N) is 1. The van der Waals surface area contributed by atoms with E-state index in [0.29, 0.717) is 19.5 Å². The molecule has 1 unspecified atom stereocenters. The summed E-state index contributed by atoms with van der Waals surface area (Å²) in [7, 11) is 0. The van der Waals surface area contributed by atoms with Crippen molar-refractivity contribution in [1.82, 2.24) is 10.2 Å². The monoisotopic (exact) mass is 449 g/mol.